The van der Waals surface area contributed by atoms with Crippen molar-refractivity contribution >= 4 is 38.9 Å². The lowest BCUT2D eigenvalue weighted by Crippen LogP contribution is -2.49. The van der Waals surface area contributed by atoms with E-state index in [2.05, 4.69) is 34.2 Å². The minimum absolute atomic E-state index is 0.420. The molecule has 15 heavy (non-hydrogen) atoms. The first kappa shape index (κ1) is 11.9. The van der Waals surface area contributed by atoms with Crippen molar-refractivity contribution in [3.8, 4) is 0 Å². The van der Waals surface area contributed by atoms with Gasteiger partial charge in [0.2, 0.25) is 0 Å². The van der Waals surface area contributed by atoms with Gasteiger partial charge in [-0.3, -0.25) is 0 Å². The number of thiophene rings is 1. The first-order valence-electron chi connectivity index (χ1n) is 5.34. The van der Waals surface area contributed by atoms with E-state index in [9.17, 15) is 0 Å². The van der Waals surface area contributed by atoms with Crippen LogP contribution in [0.4, 0.5) is 0 Å². The van der Waals surface area contributed by atoms with Crippen molar-refractivity contribution < 1.29 is 0 Å². The highest BCUT2D eigenvalue weighted by molar-refractivity contribution is 9.10. The topological polar surface area (TPSA) is 12.0 Å². The van der Waals surface area contributed by atoms with Crippen LogP contribution in [0.25, 0.3) is 0 Å². The third kappa shape index (κ3) is 2.57. The SMILES string of the molecule is CCC1(NCc2cc(Br)c(Cl)s2)CCC1. The van der Waals surface area contributed by atoms with Gasteiger partial charge in [0.15, 0.2) is 0 Å². The minimum atomic E-state index is 0.420. The molecule has 0 amide bonds. The highest BCUT2D eigenvalue weighted by Crippen LogP contribution is 2.36. The average Bonchev–Trinajstić information content (AvgIpc) is 2.45. The summed E-state index contributed by atoms with van der Waals surface area (Å²) >= 11 is 11.1. The smallest absolute Gasteiger partial charge is 0.107 e. The molecule has 1 aromatic rings. The molecule has 4 heteroatoms. The number of hydrogen-bond acceptors (Lipinski definition) is 2. The van der Waals surface area contributed by atoms with Gasteiger partial charge in [-0.25, -0.2) is 0 Å². The molecule has 0 bridgehead atoms. The van der Waals surface area contributed by atoms with Gasteiger partial charge in [-0.2, -0.15) is 0 Å². The molecule has 1 aliphatic rings. The predicted octanol–water partition coefficient (Wildman–Crippen LogP) is 4.59. The van der Waals surface area contributed by atoms with Crippen LogP contribution in [0.2, 0.25) is 4.34 Å². The van der Waals surface area contributed by atoms with Crippen molar-refractivity contribution in [1.82, 2.24) is 5.32 Å². The van der Waals surface area contributed by atoms with E-state index in [-0.39, 0.29) is 0 Å². The zero-order valence-electron chi connectivity index (χ0n) is 8.78. The molecular formula is C11H15BrClNS. The summed E-state index contributed by atoms with van der Waals surface area (Å²) < 4.78 is 1.87. The lowest BCUT2D eigenvalue weighted by Gasteiger charge is -2.42. The molecule has 0 aromatic carbocycles. The highest BCUT2D eigenvalue weighted by Gasteiger charge is 2.34. The Labute approximate surface area is 108 Å². The molecule has 1 aromatic heterocycles. The fraction of sp³-hybridized carbons (Fsp3) is 0.636. The molecule has 1 saturated carbocycles. The van der Waals surface area contributed by atoms with Gasteiger partial charge in [0, 0.05) is 21.4 Å². The zero-order chi connectivity index (χ0) is 10.9. The van der Waals surface area contributed by atoms with Gasteiger partial charge in [-0.05, 0) is 47.7 Å². The fourth-order valence-corrected chi connectivity index (χ4v) is 3.74. The van der Waals surface area contributed by atoms with E-state index in [1.807, 2.05) is 0 Å². The van der Waals surface area contributed by atoms with Gasteiger partial charge < -0.3 is 5.32 Å². The van der Waals surface area contributed by atoms with E-state index in [0.717, 1.165) is 15.4 Å². The Hall–Kier alpha value is 0.430. The lowest BCUT2D eigenvalue weighted by molar-refractivity contribution is 0.176. The summed E-state index contributed by atoms with van der Waals surface area (Å²) in [7, 11) is 0. The molecule has 1 nitrogen and oxygen atoms in total. The van der Waals surface area contributed by atoms with E-state index in [0.29, 0.717) is 5.54 Å². The highest BCUT2D eigenvalue weighted by atomic mass is 79.9. The first-order valence-corrected chi connectivity index (χ1v) is 7.33. The van der Waals surface area contributed by atoms with Gasteiger partial charge in [0.05, 0.1) is 0 Å². The molecule has 1 fully saturated rings. The first-order chi connectivity index (χ1) is 7.15. The van der Waals surface area contributed by atoms with Crippen LogP contribution >= 0.6 is 38.9 Å². The average molecular weight is 309 g/mol. The molecule has 0 radical (unpaired) electrons. The van der Waals surface area contributed by atoms with Crippen LogP contribution in [0, 0.1) is 0 Å². The summed E-state index contributed by atoms with van der Waals surface area (Å²) in [5.41, 5.74) is 0.420. The van der Waals surface area contributed by atoms with Gasteiger partial charge in [0.1, 0.15) is 4.34 Å². The second-order valence-corrected chi connectivity index (χ2v) is 6.77. The molecular weight excluding hydrogens is 294 g/mol. The van der Waals surface area contributed by atoms with Gasteiger partial charge >= 0.3 is 0 Å². The standard InChI is InChI=1S/C11H15BrClNS/c1-2-11(4-3-5-11)14-7-8-6-9(12)10(13)15-8/h6,14H,2-5,7H2,1H3. The van der Waals surface area contributed by atoms with Crippen LogP contribution in [-0.4, -0.2) is 5.54 Å². The summed E-state index contributed by atoms with van der Waals surface area (Å²) in [5.74, 6) is 0. The van der Waals surface area contributed by atoms with Crippen molar-refractivity contribution in [2.24, 2.45) is 0 Å². The number of hydrogen-bond donors (Lipinski definition) is 1. The Morgan fingerprint density at radius 2 is 2.33 bits per heavy atom. The van der Waals surface area contributed by atoms with Crippen molar-refractivity contribution in [3.05, 3.63) is 19.8 Å². The molecule has 1 N–H and O–H groups in total. The second-order valence-electron chi connectivity index (χ2n) is 4.18. The van der Waals surface area contributed by atoms with E-state index in [4.69, 9.17) is 11.6 Å². The maximum absolute atomic E-state index is 6.00. The van der Waals surface area contributed by atoms with Gasteiger partial charge in [0.25, 0.3) is 0 Å². The van der Waals surface area contributed by atoms with Crippen LogP contribution in [0.1, 0.15) is 37.5 Å². The summed E-state index contributed by atoms with van der Waals surface area (Å²) in [5, 5.41) is 3.67. The monoisotopic (exact) mass is 307 g/mol. The molecule has 0 aliphatic heterocycles. The van der Waals surface area contributed by atoms with Gasteiger partial charge in [-0.1, -0.05) is 18.5 Å². The Morgan fingerprint density at radius 1 is 1.60 bits per heavy atom. The Bertz CT molecular complexity index is 321. The quantitative estimate of drug-likeness (QED) is 0.858. The van der Waals surface area contributed by atoms with E-state index in [1.54, 1.807) is 11.3 Å². The van der Waals surface area contributed by atoms with Crippen LogP contribution in [0.3, 0.4) is 0 Å². The summed E-state index contributed by atoms with van der Waals surface area (Å²) in [6, 6.07) is 2.11. The molecule has 1 aliphatic carbocycles. The Balaban J connectivity index is 1.92. The molecule has 84 valence electrons. The summed E-state index contributed by atoms with van der Waals surface area (Å²) in [6.45, 7) is 3.22. The van der Waals surface area contributed by atoms with E-state index in [1.165, 1.54) is 30.6 Å². The number of nitrogens with one attached hydrogen (secondary N) is 1. The summed E-state index contributed by atoms with van der Waals surface area (Å²) in [6.07, 6.45) is 5.25. The third-order valence-electron chi connectivity index (χ3n) is 3.32. The lowest BCUT2D eigenvalue weighted by atomic mass is 9.75. The van der Waals surface area contributed by atoms with Crippen LogP contribution in [0.15, 0.2) is 10.5 Å². The number of rotatable bonds is 4. The Kier molecular flexibility index (Phi) is 3.76. The molecule has 1 heterocycles. The minimum Gasteiger partial charge on any atom is -0.306 e. The maximum Gasteiger partial charge on any atom is 0.107 e. The van der Waals surface area contributed by atoms with Crippen LogP contribution < -0.4 is 5.32 Å². The van der Waals surface area contributed by atoms with Crippen molar-refractivity contribution in [2.75, 3.05) is 0 Å². The van der Waals surface area contributed by atoms with E-state index < -0.39 is 0 Å². The third-order valence-corrected chi connectivity index (χ3v) is 5.80. The molecule has 0 atom stereocenters. The molecule has 2 rings (SSSR count). The summed E-state index contributed by atoms with van der Waals surface area (Å²) in [4.78, 5) is 1.31. The normalized spacial score (nSPS) is 18.9. The fourth-order valence-electron chi connectivity index (χ4n) is 2.01. The van der Waals surface area contributed by atoms with Crippen LogP contribution in [-0.2, 0) is 6.54 Å². The molecule has 0 spiro atoms. The predicted molar refractivity (Wildman–Crippen MR) is 70.7 cm³/mol. The second kappa shape index (κ2) is 4.74. The zero-order valence-corrected chi connectivity index (χ0v) is 11.9. The van der Waals surface area contributed by atoms with Crippen molar-refractivity contribution in [1.29, 1.82) is 0 Å². The Morgan fingerprint density at radius 3 is 2.73 bits per heavy atom. The van der Waals surface area contributed by atoms with Gasteiger partial charge in [-0.15, -0.1) is 11.3 Å². The van der Waals surface area contributed by atoms with E-state index >= 15 is 0 Å². The number of halogens is 2. The largest absolute Gasteiger partial charge is 0.306 e. The van der Waals surface area contributed by atoms with Crippen molar-refractivity contribution in [2.45, 2.75) is 44.7 Å². The molecule has 0 saturated heterocycles. The van der Waals surface area contributed by atoms with Crippen LogP contribution in [0.5, 0.6) is 0 Å². The molecule has 0 unspecified atom stereocenters. The van der Waals surface area contributed by atoms with Crippen molar-refractivity contribution in [3.63, 3.8) is 0 Å². The maximum atomic E-state index is 6.00.